The summed E-state index contributed by atoms with van der Waals surface area (Å²) in [6.07, 6.45) is 52.1. The van der Waals surface area contributed by atoms with Gasteiger partial charge in [0.25, 0.3) is 0 Å². The highest BCUT2D eigenvalue weighted by Crippen LogP contribution is 2.54. The van der Waals surface area contributed by atoms with Crippen LogP contribution in [-0.4, -0.2) is 28.2 Å². The fraction of sp³-hybridized carbons (Fsp3) is 0.556. The van der Waals surface area contributed by atoms with Crippen LogP contribution in [-0.2, 0) is 12.8 Å². The normalized spacial score (nSPS) is 35.7. The van der Waals surface area contributed by atoms with Crippen molar-refractivity contribution in [2.45, 2.75) is 134 Å². The van der Waals surface area contributed by atoms with Crippen LogP contribution in [0, 0.1) is 70.0 Å². The van der Waals surface area contributed by atoms with E-state index < -0.39 is 0 Å². The summed E-state index contributed by atoms with van der Waals surface area (Å²) in [4.78, 5) is 2.83. The molecule has 310 valence electrons. The van der Waals surface area contributed by atoms with Crippen molar-refractivity contribution in [2.75, 3.05) is 11.9 Å². The van der Waals surface area contributed by atoms with Crippen molar-refractivity contribution in [1.82, 2.24) is 9.47 Å². The van der Waals surface area contributed by atoms with Crippen LogP contribution in [0.25, 0.3) is 11.9 Å². The van der Waals surface area contributed by atoms with Gasteiger partial charge in [0.15, 0.2) is 6.17 Å². The molecule has 0 bridgehead atoms. The maximum absolute atomic E-state index is 10.3. The van der Waals surface area contributed by atoms with Crippen molar-refractivity contribution in [3.05, 3.63) is 112 Å². The largest absolute Gasteiger partial charge is 0.371 e. The summed E-state index contributed by atoms with van der Waals surface area (Å²) in [6.45, 7) is 1.04. The van der Waals surface area contributed by atoms with Gasteiger partial charge in [0.05, 0.1) is 29.7 Å². The molecular formula is C54H65N6+. The van der Waals surface area contributed by atoms with Gasteiger partial charge in [-0.3, -0.25) is 9.88 Å². The van der Waals surface area contributed by atoms with E-state index in [2.05, 4.69) is 105 Å². The number of nitrogens with zero attached hydrogens (tertiary/aromatic N) is 4. The third-order valence-corrected chi connectivity index (χ3v) is 17.0. The minimum absolute atomic E-state index is 0.125. The maximum Gasteiger partial charge on any atom is 0.212 e. The second kappa shape index (κ2) is 16.4. The van der Waals surface area contributed by atoms with Gasteiger partial charge in [-0.15, -0.1) is 0 Å². The second-order valence-corrected chi connectivity index (χ2v) is 19.9. The monoisotopic (exact) mass is 798 g/mol. The number of allylic oxidation sites excluding steroid dienone is 12. The lowest BCUT2D eigenvalue weighted by molar-refractivity contribution is -0.620. The molecule has 10 atom stereocenters. The summed E-state index contributed by atoms with van der Waals surface area (Å²) in [5.74, 6) is 6.80. The molecule has 7 aliphatic carbocycles. The minimum atomic E-state index is 0.125. The summed E-state index contributed by atoms with van der Waals surface area (Å²) in [7, 11) is 0. The van der Waals surface area contributed by atoms with Gasteiger partial charge in [-0.05, 0) is 155 Å². The van der Waals surface area contributed by atoms with E-state index in [4.69, 9.17) is 0 Å². The molecule has 2 fully saturated rings. The molecule has 2 saturated carbocycles. The van der Waals surface area contributed by atoms with Crippen molar-refractivity contribution in [3.63, 3.8) is 0 Å². The van der Waals surface area contributed by atoms with Crippen LogP contribution in [0.2, 0.25) is 0 Å². The number of nitrogens with one attached hydrogen (secondary N) is 1. The Balaban J connectivity index is 1.01. The van der Waals surface area contributed by atoms with Crippen molar-refractivity contribution in [1.29, 1.82) is 10.5 Å². The average molecular weight is 798 g/mol. The number of hydrogen-bond acceptors (Lipinski definition) is 4. The molecule has 6 nitrogen and oxygen atoms in total. The van der Waals surface area contributed by atoms with Gasteiger partial charge in [-0.1, -0.05) is 86.4 Å². The van der Waals surface area contributed by atoms with E-state index in [0.29, 0.717) is 47.5 Å². The smallest absolute Gasteiger partial charge is 0.212 e. The van der Waals surface area contributed by atoms with Crippen molar-refractivity contribution < 1.29 is 5.32 Å². The number of aromatic nitrogens is 1. The first-order valence-electron chi connectivity index (χ1n) is 24.4. The Hall–Kier alpha value is -4.52. The Labute approximate surface area is 358 Å². The van der Waals surface area contributed by atoms with Crippen LogP contribution in [0.4, 0.5) is 5.82 Å². The van der Waals surface area contributed by atoms with E-state index in [1.54, 1.807) is 5.57 Å². The lowest BCUT2D eigenvalue weighted by atomic mass is 9.57. The molecule has 0 spiro atoms. The third-order valence-electron chi connectivity index (χ3n) is 17.0. The molecule has 4 heterocycles. The molecule has 0 amide bonds. The van der Waals surface area contributed by atoms with Crippen LogP contribution in [0.5, 0.6) is 0 Å². The minimum Gasteiger partial charge on any atom is -0.371 e. The lowest BCUT2D eigenvalue weighted by Crippen LogP contribution is -2.92. The number of anilines is 1. The molecule has 3 N–H and O–H groups in total. The average Bonchev–Trinajstić information content (AvgIpc) is 3.84. The number of fused-ring (bicyclic) bond motifs is 5. The van der Waals surface area contributed by atoms with Crippen molar-refractivity contribution in [2.24, 2.45) is 47.3 Å². The maximum atomic E-state index is 10.3. The fourth-order valence-corrected chi connectivity index (χ4v) is 14.5. The Kier molecular flexibility index (Phi) is 10.5. The standard InChI is InChI=1S/C54H64N6/c55-33-35-27-28-51-48(30-35)46-23-10-11-25-49(46)59(51)52-31-37(32-53(58-52)60-50-26-12-9-22-45(50)47-24-13-29-57-54(47)60)39-16-3-4-18-41(39)43-20-7-8-21-44(43)42-19-6-5-17-40(42)38-15-2-1-14-36(38)34-56/h6,9-11,14-15,19,22-23,25,31-32,35,39-44,46,49,52,57-58H,1-5,7-8,12-13,16-18,20-21,24,26-30H2/p+1. The zero-order valence-electron chi connectivity index (χ0n) is 35.7. The molecule has 10 unspecified atom stereocenters. The quantitative estimate of drug-likeness (QED) is 0.281. The molecule has 0 aromatic carbocycles. The lowest BCUT2D eigenvalue weighted by Gasteiger charge is -2.48. The Morgan fingerprint density at radius 3 is 2.52 bits per heavy atom. The van der Waals surface area contributed by atoms with Crippen LogP contribution in [0.3, 0.4) is 0 Å². The first kappa shape index (κ1) is 38.4. The molecule has 6 heteroatoms. The molecule has 10 aliphatic rings. The predicted octanol–water partition coefficient (Wildman–Crippen LogP) is 10.8. The fourth-order valence-electron chi connectivity index (χ4n) is 14.5. The van der Waals surface area contributed by atoms with Crippen LogP contribution >= 0.6 is 0 Å². The Morgan fingerprint density at radius 2 is 1.62 bits per heavy atom. The highest BCUT2D eigenvalue weighted by Gasteiger charge is 2.48. The van der Waals surface area contributed by atoms with Gasteiger partial charge in [0.1, 0.15) is 5.82 Å². The van der Waals surface area contributed by atoms with E-state index in [1.165, 1.54) is 110 Å². The topological polar surface area (TPSA) is 84.4 Å². The summed E-state index contributed by atoms with van der Waals surface area (Å²) in [6, 6.07) is 5.59. The molecule has 60 heavy (non-hydrogen) atoms. The van der Waals surface area contributed by atoms with Crippen molar-refractivity contribution in [3.8, 4) is 12.1 Å². The molecule has 0 radical (unpaired) electrons. The summed E-state index contributed by atoms with van der Waals surface area (Å²) < 4.78 is 2.69. The predicted molar refractivity (Wildman–Crippen MR) is 241 cm³/mol. The third kappa shape index (κ3) is 6.59. The molecule has 1 aromatic heterocycles. The van der Waals surface area contributed by atoms with Gasteiger partial charge in [-0.25, -0.2) is 0 Å². The number of quaternary nitrogens is 1. The number of nitriles is 2. The zero-order valence-corrected chi connectivity index (χ0v) is 35.7. The zero-order chi connectivity index (χ0) is 40.2. The van der Waals surface area contributed by atoms with Gasteiger partial charge in [-0.2, -0.15) is 10.5 Å². The highest BCUT2D eigenvalue weighted by atomic mass is 15.4. The first-order valence-corrected chi connectivity index (χ1v) is 24.4. The summed E-state index contributed by atoms with van der Waals surface area (Å²) >= 11 is 0. The van der Waals surface area contributed by atoms with Gasteiger partial charge in [0, 0.05) is 41.1 Å². The molecular weight excluding hydrogens is 733 g/mol. The molecule has 0 saturated heterocycles. The summed E-state index contributed by atoms with van der Waals surface area (Å²) in [5.41, 5.74) is 11.5. The van der Waals surface area contributed by atoms with Crippen LogP contribution in [0.1, 0.15) is 126 Å². The van der Waals surface area contributed by atoms with Crippen LogP contribution in [0.15, 0.2) is 94.8 Å². The van der Waals surface area contributed by atoms with E-state index in [-0.39, 0.29) is 12.1 Å². The van der Waals surface area contributed by atoms with Gasteiger partial charge in [0.2, 0.25) is 5.82 Å². The van der Waals surface area contributed by atoms with E-state index >= 15 is 0 Å². The molecule has 11 rings (SSSR count). The SMILES string of the molecule is N#CC1=CCCC=C1C1CCC=CC1C1CCCCC1C1CCCCC1C1=CC(N2C3=C(CC(C#N)CC3)C3C=CC=CC32)[NH2+]C(n2c3c(c4c2NCCC4)C=CCC3)=C1. The molecule has 1 aromatic rings. The van der Waals surface area contributed by atoms with E-state index in [9.17, 15) is 10.5 Å². The number of hydrogen-bond donors (Lipinski definition) is 2. The van der Waals surface area contributed by atoms with Crippen molar-refractivity contribution >= 4 is 17.7 Å². The number of rotatable bonds is 6. The van der Waals surface area contributed by atoms with E-state index in [1.807, 2.05) is 0 Å². The van der Waals surface area contributed by atoms with Crippen LogP contribution < -0.4 is 10.6 Å². The first-order chi connectivity index (χ1) is 29.7. The van der Waals surface area contributed by atoms with E-state index in [0.717, 1.165) is 69.9 Å². The number of nitrogens with two attached hydrogens (primary N) is 1. The highest BCUT2D eigenvalue weighted by molar-refractivity contribution is 5.73. The van der Waals surface area contributed by atoms with Gasteiger partial charge >= 0.3 is 0 Å². The Bertz CT molecular complexity index is 2250. The summed E-state index contributed by atoms with van der Waals surface area (Å²) in [5, 5.41) is 27.0. The van der Waals surface area contributed by atoms with Gasteiger partial charge < -0.3 is 10.2 Å². The Morgan fingerprint density at radius 1 is 0.767 bits per heavy atom. The molecule has 3 aliphatic heterocycles. The second-order valence-electron chi connectivity index (χ2n) is 19.9.